The molecule has 2 aromatic carbocycles. The van der Waals surface area contributed by atoms with E-state index in [0.717, 1.165) is 36.9 Å². The highest BCUT2D eigenvalue weighted by molar-refractivity contribution is 6.71. The SMILES string of the molecule is C[C@@H]1[C@@H]([Si](C)(C)O)[C@H](CC(=O)N2CCC[C@H]2CO)O[C@@]12C(=O)N(Cc1ccc(N3CCCCC3=O)cc1)c1ccc(Cl)cc12. The first kappa shape index (κ1) is 31.2. The van der Waals surface area contributed by atoms with Gasteiger partial charge in [-0.25, -0.2) is 0 Å². The minimum atomic E-state index is -2.95. The molecule has 5 atom stereocenters. The number of likely N-dealkylation sites (tertiary alicyclic amines) is 1. The number of benzene rings is 2. The van der Waals surface area contributed by atoms with Gasteiger partial charge in [-0.15, -0.1) is 0 Å². The molecule has 4 aliphatic heterocycles. The zero-order valence-corrected chi connectivity index (χ0v) is 27.4. The Balaban J connectivity index is 1.31. The molecule has 0 bridgehead atoms. The zero-order valence-electron chi connectivity index (χ0n) is 25.7. The Morgan fingerprint density at radius 2 is 1.84 bits per heavy atom. The number of carbonyl (C=O) groups excluding carboxylic acids is 3. The van der Waals surface area contributed by atoms with E-state index < -0.39 is 31.5 Å². The molecule has 0 saturated carbocycles. The van der Waals surface area contributed by atoms with Gasteiger partial charge in [-0.2, -0.15) is 0 Å². The minimum Gasteiger partial charge on any atom is -0.432 e. The summed E-state index contributed by atoms with van der Waals surface area (Å²) < 4.78 is 6.80. The number of nitrogens with zero attached hydrogens (tertiary/aromatic N) is 3. The highest BCUT2D eigenvalue weighted by atomic mass is 35.5. The van der Waals surface area contributed by atoms with Gasteiger partial charge in [0.25, 0.3) is 5.91 Å². The lowest BCUT2D eigenvalue weighted by molar-refractivity contribution is -0.150. The van der Waals surface area contributed by atoms with Gasteiger partial charge in [0.2, 0.25) is 11.8 Å². The Morgan fingerprint density at radius 1 is 1.09 bits per heavy atom. The number of anilines is 2. The van der Waals surface area contributed by atoms with Crippen LogP contribution in [0.1, 0.15) is 56.6 Å². The molecule has 2 N–H and O–H groups in total. The van der Waals surface area contributed by atoms with Crippen molar-refractivity contribution in [3.63, 3.8) is 0 Å². The maximum atomic E-state index is 14.6. The summed E-state index contributed by atoms with van der Waals surface area (Å²) in [7, 11) is -2.95. The molecule has 3 saturated heterocycles. The molecule has 2 aromatic rings. The minimum absolute atomic E-state index is 0.0319. The summed E-state index contributed by atoms with van der Waals surface area (Å²) in [6.45, 7) is 7.12. The number of ether oxygens (including phenoxy) is 1. The Hall–Kier alpha value is -2.76. The third-order valence-corrected chi connectivity index (χ3v) is 12.9. The third kappa shape index (κ3) is 5.28. The van der Waals surface area contributed by atoms with Gasteiger partial charge >= 0.3 is 0 Å². The first-order chi connectivity index (χ1) is 21.0. The molecule has 6 rings (SSSR count). The first-order valence-electron chi connectivity index (χ1n) is 15.8. The number of fused-ring (bicyclic) bond motifs is 2. The number of hydrogen-bond acceptors (Lipinski definition) is 6. The van der Waals surface area contributed by atoms with E-state index >= 15 is 0 Å². The van der Waals surface area contributed by atoms with Crippen LogP contribution in [-0.2, 0) is 31.3 Å². The molecule has 3 fully saturated rings. The standard InChI is InChI=1S/C33H42ClN3O6Si/c1-21-31(44(2,3)42)28(18-30(40)36-16-6-7-25(36)20-38)43-33(21)26-17-23(34)11-14-27(26)37(32(33)41)19-22-9-12-24(13-10-22)35-15-5-4-8-29(35)39/h9-14,17,21,25,28,31,38,42H,4-8,15-16,18-20H2,1-3H3/t21-,25+,28+,31-,33+/m1/s1. The number of amides is 3. The summed E-state index contributed by atoms with van der Waals surface area (Å²) in [4.78, 5) is 57.4. The van der Waals surface area contributed by atoms with E-state index in [9.17, 15) is 24.3 Å². The van der Waals surface area contributed by atoms with Crippen LogP contribution in [-0.4, -0.2) is 72.7 Å². The van der Waals surface area contributed by atoms with Crippen molar-refractivity contribution >= 4 is 49.0 Å². The molecule has 9 nitrogen and oxygen atoms in total. The smallest absolute Gasteiger partial charge is 0.264 e. The van der Waals surface area contributed by atoms with Crippen LogP contribution in [0.4, 0.5) is 11.4 Å². The molecule has 236 valence electrons. The molecule has 3 amide bonds. The molecular weight excluding hydrogens is 598 g/mol. The van der Waals surface area contributed by atoms with Crippen molar-refractivity contribution in [3.8, 4) is 0 Å². The highest BCUT2D eigenvalue weighted by Gasteiger charge is 2.66. The monoisotopic (exact) mass is 639 g/mol. The molecule has 0 unspecified atom stereocenters. The summed E-state index contributed by atoms with van der Waals surface area (Å²) in [5, 5.41) is 10.3. The van der Waals surface area contributed by atoms with Crippen LogP contribution < -0.4 is 9.80 Å². The number of aliphatic hydroxyl groups excluding tert-OH is 1. The number of carbonyl (C=O) groups is 3. The van der Waals surface area contributed by atoms with Crippen LogP contribution in [0, 0.1) is 5.92 Å². The molecular formula is C33H42ClN3O6Si. The maximum absolute atomic E-state index is 14.6. The fourth-order valence-electron chi connectivity index (χ4n) is 8.09. The van der Waals surface area contributed by atoms with Crippen molar-refractivity contribution in [2.24, 2.45) is 5.92 Å². The first-order valence-corrected chi connectivity index (χ1v) is 19.2. The van der Waals surface area contributed by atoms with Crippen LogP contribution in [0.25, 0.3) is 0 Å². The van der Waals surface area contributed by atoms with Crippen LogP contribution in [0.15, 0.2) is 42.5 Å². The van der Waals surface area contributed by atoms with Gasteiger partial charge in [-0.05, 0) is 74.7 Å². The topological polar surface area (TPSA) is 111 Å². The highest BCUT2D eigenvalue weighted by Crippen LogP contribution is 2.60. The summed E-state index contributed by atoms with van der Waals surface area (Å²) >= 11 is 6.51. The lowest BCUT2D eigenvalue weighted by atomic mass is 9.82. The Kier molecular flexibility index (Phi) is 8.43. The van der Waals surface area contributed by atoms with E-state index in [1.54, 1.807) is 21.9 Å². The average molecular weight is 640 g/mol. The molecule has 4 aliphatic rings. The number of halogens is 1. The zero-order chi connectivity index (χ0) is 31.4. The van der Waals surface area contributed by atoms with Crippen molar-refractivity contribution in [2.45, 2.75) is 88.4 Å². The second-order valence-corrected chi connectivity index (χ2v) is 17.8. The van der Waals surface area contributed by atoms with Gasteiger partial charge < -0.3 is 29.3 Å². The summed E-state index contributed by atoms with van der Waals surface area (Å²) in [6, 6.07) is 12.9. The summed E-state index contributed by atoms with van der Waals surface area (Å²) in [5.41, 5.74) is 1.33. The van der Waals surface area contributed by atoms with Gasteiger partial charge in [0.05, 0.1) is 37.4 Å². The van der Waals surface area contributed by atoms with Gasteiger partial charge in [-0.3, -0.25) is 14.4 Å². The number of hydrogen-bond donors (Lipinski definition) is 2. The fourth-order valence-corrected chi connectivity index (χ4v) is 10.8. The molecule has 1 spiro atoms. The van der Waals surface area contributed by atoms with Gasteiger partial charge in [-0.1, -0.05) is 30.7 Å². The lowest BCUT2D eigenvalue weighted by Gasteiger charge is -2.33. The lowest BCUT2D eigenvalue weighted by Crippen LogP contribution is -2.46. The normalized spacial score (nSPS) is 28.8. The molecule has 11 heteroatoms. The largest absolute Gasteiger partial charge is 0.432 e. The predicted molar refractivity (Wildman–Crippen MR) is 171 cm³/mol. The van der Waals surface area contributed by atoms with Gasteiger partial charge in [0.1, 0.15) is 0 Å². The van der Waals surface area contributed by atoms with Crippen LogP contribution in [0.5, 0.6) is 0 Å². The second-order valence-electron chi connectivity index (χ2n) is 13.4. The molecule has 44 heavy (non-hydrogen) atoms. The van der Waals surface area contributed by atoms with Crippen LogP contribution in [0.2, 0.25) is 23.7 Å². The summed E-state index contributed by atoms with van der Waals surface area (Å²) in [5.74, 6) is -0.639. The number of aliphatic hydroxyl groups is 1. The molecule has 4 heterocycles. The Morgan fingerprint density at radius 3 is 2.52 bits per heavy atom. The Bertz CT molecular complexity index is 1450. The van der Waals surface area contributed by atoms with Crippen LogP contribution in [0.3, 0.4) is 0 Å². The average Bonchev–Trinajstić information content (AvgIpc) is 3.64. The Labute approximate surface area is 264 Å². The fraction of sp³-hybridized carbons (Fsp3) is 0.545. The van der Waals surface area contributed by atoms with E-state index in [2.05, 4.69) is 0 Å². The van der Waals surface area contributed by atoms with E-state index in [4.69, 9.17) is 16.3 Å². The second kappa shape index (κ2) is 11.9. The van der Waals surface area contributed by atoms with Crippen molar-refractivity contribution in [2.75, 3.05) is 29.5 Å². The van der Waals surface area contributed by atoms with Crippen molar-refractivity contribution in [3.05, 3.63) is 58.6 Å². The predicted octanol–water partition coefficient (Wildman–Crippen LogP) is 4.57. The van der Waals surface area contributed by atoms with Crippen molar-refractivity contribution in [1.29, 1.82) is 0 Å². The molecule has 0 aromatic heterocycles. The van der Waals surface area contributed by atoms with Gasteiger partial charge in [0, 0.05) is 47.2 Å². The molecule has 0 radical (unpaired) electrons. The van der Waals surface area contributed by atoms with Crippen molar-refractivity contribution < 1.29 is 29.0 Å². The summed E-state index contributed by atoms with van der Waals surface area (Å²) in [6.07, 6.45) is 3.42. The van der Waals surface area contributed by atoms with Gasteiger partial charge in [0.15, 0.2) is 13.9 Å². The quantitative estimate of drug-likeness (QED) is 0.430. The molecule has 0 aliphatic carbocycles. The number of rotatable bonds is 7. The van der Waals surface area contributed by atoms with Crippen LogP contribution >= 0.6 is 11.6 Å². The van der Waals surface area contributed by atoms with E-state index in [0.29, 0.717) is 42.3 Å². The number of piperidine rings is 1. The van der Waals surface area contributed by atoms with Crippen molar-refractivity contribution in [1.82, 2.24) is 4.90 Å². The third-order valence-electron chi connectivity index (χ3n) is 10.1. The maximum Gasteiger partial charge on any atom is 0.264 e. The van der Waals surface area contributed by atoms with E-state index in [1.807, 2.05) is 55.2 Å². The van der Waals surface area contributed by atoms with E-state index in [1.165, 1.54) is 0 Å². The van der Waals surface area contributed by atoms with E-state index in [-0.39, 0.29) is 36.8 Å².